The average Bonchev–Trinajstić information content (AvgIpc) is 3.55. The number of nitrogens with one attached hydrogen (secondary N) is 3. The van der Waals surface area contributed by atoms with Crippen molar-refractivity contribution < 1.29 is 4.79 Å². The van der Waals surface area contributed by atoms with E-state index in [9.17, 15) is 4.79 Å². The van der Waals surface area contributed by atoms with Gasteiger partial charge in [-0.1, -0.05) is 12.5 Å². The first-order valence-corrected chi connectivity index (χ1v) is 12.5. The molecule has 180 valence electrons. The fourth-order valence-electron chi connectivity index (χ4n) is 5.10. The molecule has 1 aromatic carbocycles. The number of H-pyrrole nitrogens is 2. The Kier molecular flexibility index (Phi) is 5.91. The zero-order valence-electron chi connectivity index (χ0n) is 19.8. The van der Waals surface area contributed by atoms with E-state index < -0.39 is 0 Å². The standard InChI is InChI=1S/C26H30N8O/c35-24(8-11-33-9-2-1-3-10-33)34-12-6-18(7-13-34)23-15-21-25(27-17-28-26(21)31-23)30-20-4-5-22-19(14-20)16-29-32-22/h4-6,14-17H,1-3,7-13H2,(H,29,32)(H2,27,28,30,31). The number of piperidine rings is 1. The van der Waals surface area contributed by atoms with Gasteiger partial charge in [-0.2, -0.15) is 5.10 Å². The smallest absolute Gasteiger partial charge is 0.224 e. The second kappa shape index (κ2) is 9.50. The second-order valence-electron chi connectivity index (χ2n) is 9.44. The van der Waals surface area contributed by atoms with Crippen LogP contribution in [0.5, 0.6) is 0 Å². The molecule has 0 atom stereocenters. The molecule has 9 nitrogen and oxygen atoms in total. The van der Waals surface area contributed by atoms with Gasteiger partial charge in [-0.05, 0) is 62.2 Å². The highest BCUT2D eigenvalue weighted by Crippen LogP contribution is 2.30. The number of likely N-dealkylation sites (tertiary alicyclic amines) is 1. The number of carbonyl (C=O) groups is 1. The van der Waals surface area contributed by atoms with Crippen LogP contribution in [-0.4, -0.2) is 73.6 Å². The first-order valence-electron chi connectivity index (χ1n) is 12.5. The number of hydrogen-bond donors (Lipinski definition) is 3. The van der Waals surface area contributed by atoms with E-state index in [1.165, 1.54) is 24.8 Å². The molecule has 3 N–H and O–H groups in total. The maximum Gasteiger partial charge on any atom is 0.224 e. The maximum atomic E-state index is 12.7. The van der Waals surface area contributed by atoms with Crippen molar-refractivity contribution in [1.29, 1.82) is 0 Å². The molecule has 0 saturated carbocycles. The first-order chi connectivity index (χ1) is 17.2. The van der Waals surface area contributed by atoms with Crippen LogP contribution in [0.2, 0.25) is 0 Å². The highest BCUT2D eigenvalue weighted by atomic mass is 16.2. The Hall–Kier alpha value is -3.72. The number of rotatable bonds is 6. The van der Waals surface area contributed by atoms with Crippen molar-refractivity contribution in [2.75, 3.05) is 38.0 Å². The average molecular weight is 471 g/mol. The van der Waals surface area contributed by atoms with Gasteiger partial charge in [0.1, 0.15) is 17.8 Å². The summed E-state index contributed by atoms with van der Waals surface area (Å²) in [5.41, 5.74) is 4.98. The van der Waals surface area contributed by atoms with Crippen molar-refractivity contribution in [3.05, 3.63) is 48.6 Å². The molecule has 2 aliphatic rings. The molecule has 0 unspecified atom stereocenters. The van der Waals surface area contributed by atoms with Crippen LogP contribution in [0.1, 0.15) is 37.8 Å². The van der Waals surface area contributed by atoms with E-state index in [0.717, 1.165) is 71.7 Å². The molecule has 2 aliphatic heterocycles. The second-order valence-corrected chi connectivity index (χ2v) is 9.44. The fraction of sp³-hybridized carbons (Fsp3) is 0.385. The summed E-state index contributed by atoms with van der Waals surface area (Å²) in [6.45, 7) is 4.56. The van der Waals surface area contributed by atoms with Crippen LogP contribution in [0.25, 0.3) is 27.5 Å². The molecule has 6 rings (SSSR count). The molecular weight excluding hydrogens is 440 g/mol. The number of benzene rings is 1. The molecule has 3 aromatic heterocycles. The lowest BCUT2D eigenvalue weighted by Gasteiger charge is -2.29. The van der Waals surface area contributed by atoms with Crippen molar-refractivity contribution in [3.63, 3.8) is 0 Å². The summed E-state index contributed by atoms with van der Waals surface area (Å²) in [4.78, 5) is 29.5. The number of carbonyl (C=O) groups excluding carboxylic acids is 1. The van der Waals surface area contributed by atoms with Crippen LogP contribution in [-0.2, 0) is 4.79 Å². The van der Waals surface area contributed by atoms with Crippen molar-refractivity contribution in [2.45, 2.75) is 32.1 Å². The van der Waals surface area contributed by atoms with Crippen molar-refractivity contribution >= 4 is 44.9 Å². The van der Waals surface area contributed by atoms with Gasteiger partial charge in [0, 0.05) is 42.8 Å². The van der Waals surface area contributed by atoms with Gasteiger partial charge in [-0.15, -0.1) is 0 Å². The fourth-order valence-corrected chi connectivity index (χ4v) is 5.10. The van der Waals surface area contributed by atoms with Gasteiger partial charge in [-0.3, -0.25) is 9.89 Å². The van der Waals surface area contributed by atoms with Gasteiger partial charge in [0.15, 0.2) is 0 Å². The topological polar surface area (TPSA) is 106 Å². The van der Waals surface area contributed by atoms with Crippen LogP contribution in [0.15, 0.2) is 42.9 Å². The predicted octanol–water partition coefficient (Wildman–Crippen LogP) is 4.07. The molecule has 1 amide bonds. The van der Waals surface area contributed by atoms with Crippen molar-refractivity contribution in [3.8, 4) is 0 Å². The number of anilines is 2. The van der Waals surface area contributed by atoms with E-state index >= 15 is 0 Å². The minimum Gasteiger partial charge on any atom is -0.340 e. The lowest BCUT2D eigenvalue weighted by atomic mass is 10.0. The quantitative estimate of drug-likeness (QED) is 0.392. The monoisotopic (exact) mass is 470 g/mol. The van der Waals surface area contributed by atoms with E-state index in [0.29, 0.717) is 13.0 Å². The van der Waals surface area contributed by atoms with E-state index in [4.69, 9.17) is 0 Å². The third-order valence-corrected chi connectivity index (χ3v) is 7.13. The number of hydrogen-bond acceptors (Lipinski definition) is 6. The Balaban J connectivity index is 1.14. The summed E-state index contributed by atoms with van der Waals surface area (Å²) in [5, 5.41) is 12.5. The minimum absolute atomic E-state index is 0.259. The molecule has 0 radical (unpaired) electrons. The molecule has 0 spiro atoms. The Bertz CT molecular complexity index is 1380. The zero-order chi connectivity index (χ0) is 23.6. The van der Waals surface area contributed by atoms with E-state index in [-0.39, 0.29) is 5.91 Å². The van der Waals surface area contributed by atoms with Gasteiger partial charge in [-0.25, -0.2) is 9.97 Å². The molecular formula is C26H30N8O. The molecule has 35 heavy (non-hydrogen) atoms. The number of nitrogens with zero attached hydrogens (tertiary/aromatic N) is 5. The van der Waals surface area contributed by atoms with Gasteiger partial charge in [0.25, 0.3) is 0 Å². The molecule has 1 saturated heterocycles. The summed E-state index contributed by atoms with van der Waals surface area (Å²) < 4.78 is 0. The Labute approximate surface area is 203 Å². The Morgan fingerprint density at radius 1 is 1.09 bits per heavy atom. The van der Waals surface area contributed by atoms with Gasteiger partial charge in [0.2, 0.25) is 5.91 Å². The maximum absolute atomic E-state index is 12.7. The lowest BCUT2D eigenvalue weighted by Crippen LogP contribution is -2.38. The summed E-state index contributed by atoms with van der Waals surface area (Å²) in [6, 6.07) is 8.15. The van der Waals surface area contributed by atoms with E-state index in [2.05, 4.69) is 47.5 Å². The van der Waals surface area contributed by atoms with Gasteiger partial charge < -0.3 is 20.1 Å². The molecule has 9 heteroatoms. The number of amides is 1. The third kappa shape index (κ3) is 4.64. The number of fused-ring (bicyclic) bond motifs is 2. The van der Waals surface area contributed by atoms with Crippen molar-refractivity contribution in [2.24, 2.45) is 0 Å². The first kappa shape index (κ1) is 21.8. The van der Waals surface area contributed by atoms with Gasteiger partial charge >= 0.3 is 0 Å². The summed E-state index contributed by atoms with van der Waals surface area (Å²) in [5.74, 6) is 1.01. The van der Waals surface area contributed by atoms with Gasteiger partial charge in [0.05, 0.1) is 17.1 Å². The predicted molar refractivity (Wildman–Crippen MR) is 137 cm³/mol. The largest absolute Gasteiger partial charge is 0.340 e. The molecule has 0 bridgehead atoms. The minimum atomic E-state index is 0.259. The Morgan fingerprint density at radius 2 is 2.00 bits per heavy atom. The molecule has 1 fully saturated rings. The molecule has 5 heterocycles. The molecule has 4 aromatic rings. The highest BCUT2D eigenvalue weighted by Gasteiger charge is 2.21. The van der Waals surface area contributed by atoms with Crippen LogP contribution in [0, 0.1) is 0 Å². The highest BCUT2D eigenvalue weighted by molar-refractivity contribution is 5.93. The Morgan fingerprint density at radius 3 is 2.86 bits per heavy atom. The molecule has 0 aliphatic carbocycles. The van der Waals surface area contributed by atoms with E-state index in [1.807, 2.05) is 29.3 Å². The zero-order valence-corrected chi connectivity index (χ0v) is 19.8. The summed E-state index contributed by atoms with van der Waals surface area (Å²) in [6.07, 6.45) is 10.8. The van der Waals surface area contributed by atoms with Crippen LogP contribution < -0.4 is 5.32 Å². The summed E-state index contributed by atoms with van der Waals surface area (Å²) in [7, 11) is 0. The van der Waals surface area contributed by atoms with E-state index in [1.54, 1.807) is 6.33 Å². The van der Waals surface area contributed by atoms with Crippen LogP contribution in [0.4, 0.5) is 11.5 Å². The third-order valence-electron chi connectivity index (χ3n) is 7.13. The normalized spacial score (nSPS) is 17.1. The lowest BCUT2D eigenvalue weighted by molar-refractivity contribution is -0.131. The van der Waals surface area contributed by atoms with Crippen LogP contribution in [0.3, 0.4) is 0 Å². The number of aromatic amines is 2. The SMILES string of the molecule is O=C(CCN1CCCCC1)N1CC=C(c2cc3c(Nc4ccc5[nH]ncc5c4)ncnc3[nH]2)CC1. The summed E-state index contributed by atoms with van der Waals surface area (Å²) >= 11 is 0. The van der Waals surface area contributed by atoms with Crippen LogP contribution >= 0.6 is 0 Å². The van der Waals surface area contributed by atoms with Crippen molar-refractivity contribution in [1.82, 2.24) is 34.9 Å². The number of aromatic nitrogens is 5.